The predicted octanol–water partition coefficient (Wildman–Crippen LogP) is 1.55. The van der Waals surface area contributed by atoms with Gasteiger partial charge in [0, 0.05) is 24.7 Å². The molecule has 3 rings (SSSR count). The Balaban J connectivity index is 2.01. The molecule has 0 radical (unpaired) electrons. The zero-order valence-electron chi connectivity index (χ0n) is 8.14. The van der Waals surface area contributed by atoms with Crippen LogP contribution in [0.1, 0.15) is 22.3 Å². The number of hydrogen-bond acceptors (Lipinski definition) is 4. The van der Waals surface area contributed by atoms with E-state index >= 15 is 0 Å². The van der Waals surface area contributed by atoms with E-state index in [0.717, 1.165) is 24.2 Å². The van der Waals surface area contributed by atoms with E-state index in [1.54, 1.807) is 0 Å². The first-order chi connectivity index (χ1) is 7.34. The highest BCUT2D eigenvalue weighted by Crippen LogP contribution is 2.26. The van der Waals surface area contributed by atoms with Crippen LogP contribution in [0.25, 0.3) is 0 Å². The minimum absolute atomic E-state index is 0.227. The van der Waals surface area contributed by atoms with E-state index in [2.05, 4.69) is 5.10 Å². The van der Waals surface area contributed by atoms with Gasteiger partial charge < -0.3 is 4.74 Å². The summed E-state index contributed by atoms with van der Waals surface area (Å²) < 4.78 is 4.95. The summed E-state index contributed by atoms with van der Waals surface area (Å²) in [5, 5.41) is 6.11. The van der Waals surface area contributed by atoms with Crippen molar-refractivity contribution < 1.29 is 9.53 Å². The Hall–Kier alpha value is -1.84. The van der Waals surface area contributed by atoms with Crippen LogP contribution < -0.4 is 5.01 Å². The van der Waals surface area contributed by atoms with Gasteiger partial charge in [0.15, 0.2) is 0 Å². The number of nitrogens with zero attached hydrogens (tertiary/aromatic N) is 2. The maximum Gasteiger partial charge on any atom is 0.338 e. The number of ether oxygens (including phenoxy) is 1. The van der Waals surface area contributed by atoms with E-state index in [1.807, 2.05) is 29.4 Å². The number of cyclic esters (lactones) is 1. The van der Waals surface area contributed by atoms with E-state index in [-0.39, 0.29) is 5.97 Å². The summed E-state index contributed by atoms with van der Waals surface area (Å²) in [4.78, 5) is 11.4. The maximum absolute atomic E-state index is 11.4. The molecule has 2 heterocycles. The molecule has 0 spiro atoms. The molecule has 0 saturated heterocycles. The standard InChI is InChI=1S/C11H10N2O2/c14-11-10-6-9(13-5-1-4-12-13)3-2-8(10)7-15-11/h2-4,6H,1,5,7H2. The molecule has 0 aromatic heterocycles. The zero-order valence-corrected chi connectivity index (χ0v) is 8.14. The number of esters is 1. The van der Waals surface area contributed by atoms with Gasteiger partial charge in [0.2, 0.25) is 0 Å². The number of fused-ring (bicyclic) bond motifs is 1. The predicted molar refractivity (Wildman–Crippen MR) is 56.0 cm³/mol. The molecule has 76 valence electrons. The number of hydrogen-bond donors (Lipinski definition) is 0. The lowest BCUT2D eigenvalue weighted by atomic mass is 10.1. The van der Waals surface area contributed by atoms with Gasteiger partial charge in [-0.1, -0.05) is 6.07 Å². The quantitative estimate of drug-likeness (QED) is 0.649. The molecule has 0 fully saturated rings. The van der Waals surface area contributed by atoms with Crippen LogP contribution in [0, 0.1) is 0 Å². The minimum atomic E-state index is -0.227. The van der Waals surface area contributed by atoms with Crippen LogP contribution in [0.5, 0.6) is 0 Å². The molecule has 0 N–H and O–H groups in total. The zero-order chi connectivity index (χ0) is 10.3. The Morgan fingerprint density at radius 3 is 3.13 bits per heavy atom. The summed E-state index contributed by atoms with van der Waals surface area (Å²) in [5.74, 6) is -0.227. The van der Waals surface area contributed by atoms with Crippen molar-refractivity contribution >= 4 is 17.9 Å². The molecule has 0 saturated carbocycles. The Kier molecular flexibility index (Phi) is 1.74. The summed E-state index contributed by atoms with van der Waals surface area (Å²) in [6, 6.07) is 5.76. The second-order valence-electron chi connectivity index (χ2n) is 3.63. The molecule has 0 bridgehead atoms. The first-order valence-electron chi connectivity index (χ1n) is 4.94. The summed E-state index contributed by atoms with van der Waals surface area (Å²) >= 11 is 0. The van der Waals surface area contributed by atoms with Crippen molar-refractivity contribution in [1.29, 1.82) is 0 Å². The maximum atomic E-state index is 11.4. The van der Waals surface area contributed by atoms with Gasteiger partial charge in [-0.2, -0.15) is 5.10 Å². The molecule has 1 aromatic rings. The van der Waals surface area contributed by atoms with E-state index < -0.39 is 0 Å². The fraction of sp³-hybridized carbons (Fsp3) is 0.273. The monoisotopic (exact) mass is 202 g/mol. The number of carbonyl (C=O) groups is 1. The fourth-order valence-corrected chi connectivity index (χ4v) is 1.85. The summed E-state index contributed by atoms with van der Waals surface area (Å²) in [6.45, 7) is 1.28. The summed E-state index contributed by atoms with van der Waals surface area (Å²) in [6.07, 6.45) is 2.84. The van der Waals surface area contributed by atoms with Crippen LogP contribution in [-0.2, 0) is 11.3 Å². The van der Waals surface area contributed by atoms with Crippen molar-refractivity contribution in [3.8, 4) is 0 Å². The third-order valence-electron chi connectivity index (χ3n) is 2.66. The third kappa shape index (κ3) is 1.29. The number of carbonyl (C=O) groups excluding carboxylic acids is 1. The highest BCUT2D eigenvalue weighted by Gasteiger charge is 2.22. The van der Waals surface area contributed by atoms with Gasteiger partial charge in [0.1, 0.15) is 6.61 Å². The average Bonchev–Trinajstić information content (AvgIpc) is 2.88. The third-order valence-corrected chi connectivity index (χ3v) is 2.66. The van der Waals surface area contributed by atoms with Crippen molar-refractivity contribution in [3.05, 3.63) is 29.3 Å². The van der Waals surface area contributed by atoms with E-state index in [4.69, 9.17) is 4.74 Å². The van der Waals surface area contributed by atoms with Crippen molar-refractivity contribution in [2.45, 2.75) is 13.0 Å². The first-order valence-corrected chi connectivity index (χ1v) is 4.94. The molecule has 0 aliphatic carbocycles. The normalized spacial score (nSPS) is 18.1. The number of rotatable bonds is 1. The van der Waals surface area contributed by atoms with E-state index in [0.29, 0.717) is 12.2 Å². The van der Waals surface area contributed by atoms with Crippen LogP contribution in [0.4, 0.5) is 5.69 Å². The van der Waals surface area contributed by atoms with Crippen molar-refractivity contribution in [1.82, 2.24) is 0 Å². The topological polar surface area (TPSA) is 41.9 Å². The molecule has 0 unspecified atom stereocenters. The summed E-state index contributed by atoms with van der Waals surface area (Å²) in [7, 11) is 0. The number of benzene rings is 1. The fourth-order valence-electron chi connectivity index (χ4n) is 1.85. The van der Waals surface area contributed by atoms with Crippen molar-refractivity contribution in [2.24, 2.45) is 5.10 Å². The molecular formula is C11H10N2O2. The Morgan fingerprint density at radius 2 is 2.33 bits per heavy atom. The van der Waals surface area contributed by atoms with Gasteiger partial charge in [-0.25, -0.2) is 4.79 Å². The lowest BCUT2D eigenvalue weighted by Crippen LogP contribution is -2.12. The van der Waals surface area contributed by atoms with Crippen LogP contribution >= 0.6 is 0 Å². The second-order valence-corrected chi connectivity index (χ2v) is 3.63. The highest BCUT2D eigenvalue weighted by molar-refractivity contribution is 5.94. The van der Waals surface area contributed by atoms with Crippen LogP contribution in [0.2, 0.25) is 0 Å². The molecule has 0 amide bonds. The van der Waals surface area contributed by atoms with Gasteiger partial charge in [-0.15, -0.1) is 0 Å². The summed E-state index contributed by atoms with van der Waals surface area (Å²) in [5.41, 5.74) is 2.60. The molecule has 15 heavy (non-hydrogen) atoms. The van der Waals surface area contributed by atoms with Crippen LogP contribution in [-0.4, -0.2) is 18.7 Å². The highest BCUT2D eigenvalue weighted by atomic mass is 16.5. The van der Waals surface area contributed by atoms with E-state index in [9.17, 15) is 4.79 Å². The van der Waals surface area contributed by atoms with Crippen molar-refractivity contribution in [2.75, 3.05) is 11.6 Å². The average molecular weight is 202 g/mol. The minimum Gasteiger partial charge on any atom is -0.457 e. The Morgan fingerprint density at radius 1 is 1.40 bits per heavy atom. The van der Waals surface area contributed by atoms with Gasteiger partial charge in [-0.05, 0) is 12.1 Å². The Labute approximate surface area is 87.1 Å². The lowest BCUT2D eigenvalue weighted by Gasteiger charge is -2.13. The van der Waals surface area contributed by atoms with Gasteiger partial charge >= 0.3 is 5.97 Å². The van der Waals surface area contributed by atoms with Gasteiger partial charge in [-0.3, -0.25) is 5.01 Å². The molecule has 4 heteroatoms. The molecule has 2 aliphatic heterocycles. The van der Waals surface area contributed by atoms with Crippen LogP contribution in [0.3, 0.4) is 0 Å². The second kappa shape index (κ2) is 3.08. The van der Waals surface area contributed by atoms with Gasteiger partial charge in [0.05, 0.1) is 11.3 Å². The molecular weight excluding hydrogens is 192 g/mol. The molecule has 2 aliphatic rings. The smallest absolute Gasteiger partial charge is 0.338 e. The SMILES string of the molecule is O=C1OCc2ccc(N3CCC=N3)cc21. The largest absolute Gasteiger partial charge is 0.457 e. The van der Waals surface area contributed by atoms with E-state index in [1.165, 1.54) is 0 Å². The lowest BCUT2D eigenvalue weighted by molar-refractivity contribution is 0.0535. The first kappa shape index (κ1) is 8.47. The number of hydrazone groups is 1. The molecule has 4 nitrogen and oxygen atoms in total. The Bertz CT molecular complexity index is 454. The van der Waals surface area contributed by atoms with Crippen molar-refractivity contribution in [3.63, 3.8) is 0 Å². The van der Waals surface area contributed by atoms with Crippen LogP contribution in [0.15, 0.2) is 23.3 Å². The number of anilines is 1. The van der Waals surface area contributed by atoms with Gasteiger partial charge in [0.25, 0.3) is 0 Å². The molecule has 0 atom stereocenters. The molecule has 1 aromatic carbocycles.